The summed E-state index contributed by atoms with van der Waals surface area (Å²) in [4.78, 5) is 12.3. The van der Waals surface area contributed by atoms with Crippen LogP contribution >= 0.6 is 0 Å². The van der Waals surface area contributed by atoms with Gasteiger partial charge in [-0.25, -0.2) is 15.0 Å². The zero-order valence-electron chi connectivity index (χ0n) is 16.2. The number of benzene rings is 1. The van der Waals surface area contributed by atoms with E-state index in [1.165, 1.54) is 24.5 Å². The molecule has 0 spiro atoms. The van der Waals surface area contributed by atoms with E-state index in [9.17, 15) is 24.1 Å². The zero-order chi connectivity index (χ0) is 21.9. The molecule has 0 radical (unpaired) electrons. The highest BCUT2D eigenvalue weighted by Gasteiger charge is 2.47. The van der Waals surface area contributed by atoms with Crippen LogP contribution in [0.5, 0.6) is 0 Å². The number of aliphatic hydroxyl groups is 3. The fraction of sp³-hybridized carbons (Fsp3) is 0.350. The van der Waals surface area contributed by atoms with Crippen molar-refractivity contribution in [3.8, 4) is 0 Å². The van der Waals surface area contributed by atoms with E-state index in [1.54, 1.807) is 16.8 Å². The standard InChI is InChI=1S/C20H19F2N5O4/c1-9-11-4-5-26(18(11)24-7-23-9)19-16(30)15(29)17(31-19)14(28)10-2-3-13-12(6-10)25-8-27(13)20(21)22/h2-8,14-17,19-20,28-30H,1H3/t14?,15-,16+,17+,19+/m0/s1. The van der Waals surface area contributed by atoms with Gasteiger partial charge in [0.25, 0.3) is 0 Å². The Bertz CT molecular complexity index is 1260. The van der Waals surface area contributed by atoms with Gasteiger partial charge in [0.1, 0.15) is 42.7 Å². The third-order valence-corrected chi connectivity index (χ3v) is 5.72. The van der Waals surface area contributed by atoms with E-state index in [4.69, 9.17) is 4.74 Å². The highest BCUT2D eigenvalue weighted by Crippen LogP contribution is 2.38. The fourth-order valence-electron chi connectivity index (χ4n) is 4.06. The number of fused-ring (bicyclic) bond motifs is 2. The molecule has 3 aromatic heterocycles. The number of halogens is 2. The first kappa shape index (κ1) is 19.9. The second kappa shape index (κ2) is 7.31. The molecular formula is C20H19F2N5O4. The quantitative estimate of drug-likeness (QED) is 0.451. The van der Waals surface area contributed by atoms with Gasteiger partial charge in [0.05, 0.1) is 16.7 Å². The van der Waals surface area contributed by atoms with Gasteiger partial charge in [-0.1, -0.05) is 6.07 Å². The Morgan fingerprint density at radius 3 is 2.68 bits per heavy atom. The van der Waals surface area contributed by atoms with E-state index in [-0.39, 0.29) is 11.0 Å². The van der Waals surface area contributed by atoms with E-state index in [0.717, 1.165) is 17.4 Å². The predicted octanol–water partition coefficient (Wildman–Crippen LogP) is 1.84. The number of hydrogen-bond donors (Lipinski definition) is 3. The van der Waals surface area contributed by atoms with Crippen molar-refractivity contribution in [1.82, 2.24) is 24.1 Å². The van der Waals surface area contributed by atoms with Gasteiger partial charge in [0.15, 0.2) is 6.23 Å². The van der Waals surface area contributed by atoms with Crippen LogP contribution in [0.1, 0.15) is 30.1 Å². The van der Waals surface area contributed by atoms with E-state index in [2.05, 4.69) is 15.0 Å². The summed E-state index contributed by atoms with van der Waals surface area (Å²) >= 11 is 0. The Morgan fingerprint density at radius 1 is 1.10 bits per heavy atom. The van der Waals surface area contributed by atoms with Crippen LogP contribution in [0.2, 0.25) is 0 Å². The summed E-state index contributed by atoms with van der Waals surface area (Å²) in [6, 6.07) is 6.12. The van der Waals surface area contributed by atoms with Gasteiger partial charge in [-0.2, -0.15) is 8.78 Å². The van der Waals surface area contributed by atoms with E-state index in [0.29, 0.717) is 15.8 Å². The first-order valence-corrected chi connectivity index (χ1v) is 9.59. The molecule has 1 aliphatic heterocycles. The van der Waals surface area contributed by atoms with E-state index in [1.807, 2.05) is 6.92 Å². The van der Waals surface area contributed by atoms with Crippen molar-refractivity contribution >= 4 is 22.1 Å². The fourth-order valence-corrected chi connectivity index (χ4v) is 4.06. The lowest BCUT2D eigenvalue weighted by molar-refractivity contribution is -0.0848. The lowest BCUT2D eigenvalue weighted by atomic mass is 9.99. The molecule has 1 aromatic carbocycles. The molecule has 1 aliphatic rings. The predicted molar refractivity (Wildman–Crippen MR) is 104 cm³/mol. The van der Waals surface area contributed by atoms with Crippen LogP contribution in [0.25, 0.3) is 22.1 Å². The van der Waals surface area contributed by atoms with Gasteiger partial charge < -0.3 is 24.6 Å². The van der Waals surface area contributed by atoms with Gasteiger partial charge in [-0.3, -0.25) is 4.57 Å². The summed E-state index contributed by atoms with van der Waals surface area (Å²) in [6.07, 6.45) is -2.10. The highest BCUT2D eigenvalue weighted by atomic mass is 19.3. The summed E-state index contributed by atoms with van der Waals surface area (Å²) in [5.41, 5.74) is 2.08. The molecule has 0 bridgehead atoms. The number of aromatic nitrogens is 5. The maximum atomic E-state index is 13.0. The Balaban J connectivity index is 1.45. The third kappa shape index (κ3) is 3.08. The molecule has 0 saturated carbocycles. The van der Waals surface area contributed by atoms with Crippen LogP contribution in [0.15, 0.2) is 43.1 Å². The number of alkyl halides is 2. The van der Waals surface area contributed by atoms with Crippen LogP contribution in [-0.4, -0.2) is 57.7 Å². The first-order valence-electron chi connectivity index (χ1n) is 9.59. The smallest absolute Gasteiger partial charge is 0.320 e. The molecule has 5 atom stereocenters. The summed E-state index contributed by atoms with van der Waals surface area (Å²) in [6.45, 7) is -0.909. The average Bonchev–Trinajstić information content (AvgIpc) is 3.44. The number of rotatable bonds is 4. The summed E-state index contributed by atoms with van der Waals surface area (Å²) in [7, 11) is 0. The second-order valence-corrected chi connectivity index (χ2v) is 7.51. The largest absolute Gasteiger partial charge is 0.387 e. The molecule has 0 amide bonds. The number of nitrogens with zero attached hydrogens (tertiary/aromatic N) is 5. The minimum Gasteiger partial charge on any atom is -0.387 e. The lowest BCUT2D eigenvalue weighted by Crippen LogP contribution is -2.34. The van der Waals surface area contributed by atoms with Crippen LogP contribution in [-0.2, 0) is 4.74 Å². The zero-order valence-corrected chi connectivity index (χ0v) is 16.2. The summed E-state index contributed by atoms with van der Waals surface area (Å²) in [5.74, 6) is 0. The SMILES string of the molecule is Cc1ncnc2c1ccn2[C@@H]1O[C@H](C(O)c2ccc3c(c2)ncn3C(F)F)[C@@H](O)[C@H]1O. The number of aliphatic hydroxyl groups excluding tert-OH is 3. The molecule has 1 fully saturated rings. The maximum absolute atomic E-state index is 13.0. The third-order valence-electron chi connectivity index (χ3n) is 5.72. The molecule has 1 saturated heterocycles. The molecule has 4 heterocycles. The number of ether oxygens (including phenoxy) is 1. The van der Waals surface area contributed by atoms with Crippen LogP contribution in [0.3, 0.4) is 0 Å². The van der Waals surface area contributed by atoms with Gasteiger partial charge in [-0.05, 0) is 30.7 Å². The Hall–Kier alpha value is -2.99. The Kier molecular flexibility index (Phi) is 4.70. The molecule has 5 rings (SSSR count). The first-order chi connectivity index (χ1) is 14.9. The van der Waals surface area contributed by atoms with E-state index >= 15 is 0 Å². The van der Waals surface area contributed by atoms with Gasteiger partial charge >= 0.3 is 6.55 Å². The molecule has 1 unspecified atom stereocenters. The Morgan fingerprint density at radius 2 is 1.90 bits per heavy atom. The number of aryl methyl sites for hydroxylation is 1. The molecule has 11 heteroatoms. The summed E-state index contributed by atoms with van der Waals surface area (Å²) < 4.78 is 34.2. The molecule has 3 N–H and O–H groups in total. The Labute approximate surface area is 174 Å². The van der Waals surface area contributed by atoms with Crippen molar-refractivity contribution in [3.05, 3.63) is 54.4 Å². The van der Waals surface area contributed by atoms with Crippen molar-refractivity contribution in [2.45, 2.75) is 44.1 Å². The van der Waals surface area contributed by atoms with Crippen LogP contribution < -0.4 is 0 Å². The highest BCUT2D eigenvalue weighted by molar-refractivity contribution is 5.78. The van der Waals surface area contributed by atoms with Gasteiger partial charge in [-0.15, -0.1) is 0 Å². The van der Waals surface area contributed by atoms with Crippen molar-refractivity contribution < 1.29 is 28.8 Å². The van der Waals surface area contributed by atoms with Crippen LogP contribution in [0.4, 0.5) is 8.78 Å². The van der Waals surface area contributed by atoms with Crippen LogP contribution in [0, 0.1) is 6.92 Å². The molecule has 0 aliphatic carbocycles. The van der Waals surface area contributed by atoms with Gasteiger partial charge in [0, 0.05) is 11.6 Å². The van der Waals surface area contributed by atoms with E-state index < -0.39 is 37.2 Å². The maximum Gasteiger partial charge on any atom is 0.320 e. The monoisotopic (exact) mass is 431 g/mol. The number of hydrogen-bond acceptors (Lipinski definition) is 7. The average molecular weight is 431 g/mol. The van der Waals surface area contributed by atoms with Gasteiger partial charge in [0.2, 0.25) is 0 Å². The lowest BCUT2D eigenvalue weighted by Gasteiger charge is -2.21. The van der Waals surface area contributed by atoms with Crippen molar-refractivity contribution in [2.75, 3.05) is 0 Å². The summed E-state index contributed by atoms with van der Waals surface area (Å²) in [5, 5.41) is 32.8. The molecule has 4 aromatic rings. The molecular weight excluding hydrogens is 412 g/mol. The molecule has 9 nitrogen and oxygen atoms in total. The minimum atomic E-state index is -2.74. The molecule has 31 heavy (non-hydrogen) atoms. The van der Waals surface area contributed by atoms with Crippen molar-refractivity contribution in [3.63, 3.8) is 0 Å². The van der Waals surface area contributed by atoms with Crippen molar-refractivity contribution in [2.24, 2.45) is 0 Å². The molecule has 162 valence electrons. The number of imidazole rings is 1. The minimum absolute atomic E-state index is 0.214. The topological polar surface area (TPSA) is 118 Å². The van der Waals surface area contributed by atoms with Crippen molar-refractivity contribution in [1.29, 1.82) is 0 Å². The second-order valence-electron chi connectivity index (χ2n) is 7.51. The normalized spacial score (nSPS) is 25.1.